The molecule has 6 nitrogen and oxygen atoms in total. The van der Waals surface area contributed by atoms with E-state index in [4.69, 9.17) is 9.73 Å². The number of halogens is 1. The molecule has 1 amide bonds. The van der Waals surface area contributed by atoms with E-state index in [9.17, 15) is 4.79 Å². The number of ether oxygens (including phenoxy) is 1. The largest absolute Gasteiger partial charge is 0.382 e. The van der Waals surface area contributed by atoms with E-state index in [2.05, 4.69) is 30.5 Å². The average molecular weight is 571 g/mol. The quantitative estimate of drug-likeness (QED) is 0.181. The maximum absolute atomic E-state index is 12.8. The molecule has 0 bridgehead atoms. The number of carbonyl (C=O) groups is 1. The fourth-order valence-electron chi connectivity index (χ4n) is 4.94. The number of amides is 1. The molecule has 0 spiro atoms. The highest BCUT2D eigenvalue weighted by Gasteiger charge is 2.33. The van der Waals surface area contributed by atoms with Crippen molar-refractivity contribution in [3.05, 3.63) is 35.4 Å². The van der Waals surface area contributed by atoms with Gasteiger partial charge in [-0.3, -0.25) is 4.79 Å². The minimum Gasteiger partial charge on any atom is -0.382 e. The molecular formula is C26H43IN4O2. The molecule has 0 radical (unpaired) electrons. The predicted octanol–water partition coefficient (Wildman–Crippen LogP) is 4.97. The second-order valence-electron chi connectivity index (χ2n) is 9.26. The van der Waals surface area contributed by atoms with Crippen LogP contribution in [-0.4, -0.2) is 56.2 Å². The number of hydrogen-bond donors (Lipinski definition) is 2. The van der Waals surface area contributed by atoms with Gasteiger partial charge in [-0.05, 0) is 75.5 Å². The molecular weight excluding hydrogens is 527 g/mol. The maximum Gasteiger partial charge on any atom is 0.253 e. The summed E-state index contributed by atoms with van der Waals surface area (Å²) in [7, 11) is 0. The second-order valence-corrected chi connectivity index (χ2v) is 9.26. The third-order valence-corrected chi connectivity index (χ3v) is 6.86. The van der Waals surface area contributed by atoms with E-state index < -0.39 is 0 Å². The zero-order chi connectivity index (χ0) is 22.7. The van der Waals surface area contributed by atoms with Gasteiger partial charge in [0.05, 0.1) is 6.54 Å². The van der Waals surface area contributed by atoms with Crippen LogP contribution in [0.2, 0.25) is 0 Å². The van der Waals surface area contributed by atoms with Crippen LogP contribution in [0.3, 0.4) is 0 Å². The van der Waals surface area contributed by atoms with Crippen LogP contribution in [-0.2, 0) is 11.3 Å². The highest BCUT2D eigenvalue weighted by Crippen LogP contribution is 2.40. The number of aliphatic imine (C=N–C) groups is 1. The van der Waals surface area contributed by atoms with Gasteiger partial charge >= 0.3 is 0 Å². The lowest BCUT2D eigenvalue weighted by atomic mass is 9.83. The van der Waals surface area contributed by atoms with Gasteiger partial charge in [-0.2, -0.15) is 0 Å². The summed E-state index contributed by atoms with van der Waals surface area (Å²) >= 11 is 0. The number of nitrogens with zero attached hydrogens (tertiary/aromatic N) is 2. The lowest BCUT2D eigenvalue weighted by Crippen LogP contribution is -2.43. The van der Waals surface area contributed by atoms with E-state index in [1.807, 2.05) is 23.1 Å². The zero-order valence-electron chi connectivity index (χ0n) is 20.5. The van der Waals surface area contributed by atoms with Crippen LogP contribution < -0.4 is 10.6 Å². The smallest absolute Gasteiger partial charge is 0.253 e. The van der Waals surface area contributed by atoms with Crippen LogP contribution in [0.4, 0.5) is 0 Å². The minimum absolute atomic E-state index is 0. The molecule has 1 aromatic carbocycles. The van der Waals surface area contributed by atoms with Gasteiger partial charge in [0.1, 0.15) is 0 Å². The summed E-state index contributed by atoms with van der Waals surface area (Å²) in [4.78, 5) is 19.7. The molecule has 0 unspecified atom stereocenters. The van der Waals surface area contributed by atoms with Crippen molar-refractivity contribution in [2.24, 2.45) is 10.4 Å². The van der Waals surface area contributed by atoms with Gasteiger partial charge in [0.15, 0.2) is 5.96 Å². The molecule has 1 heterocycles. The molecule has 1 saturated carbocycles. The van der Waals surface area contributed by atoms with E-state index in [-0.39, 0.29) is 29.9 Å². The number of likely N-dealkylation sites (tertiary alicyclic amines) is 1. The highest BCUT2D eigenvalue weighted by atomic mass is 127. The molecule has 7 heteroatoms. The van der Waals surface area contributed by atoms with Crippen LogP contribution in [0.25, 0.3) is 0 Å². The van der Waals surface area contributed by atoms with E-state index in [0.29, 0.717) is 12.0 Å². The van der Waals surface area contributed by atoms with Crippen molar-refractivity contribution < 1.29 is 9.53 Å². The molecule has 186 valence electrons. The summed E-state index contributed by atoms with van der Waals surface area (Å²) in [5, 5.41) is 6.98. The van der Waals surface area contributed by atoms with Crippen molar-refractivity contribution in [2.45, 2.75) is 71.8 Å². The fourth-order valence-corrected chi connectivity index (χ4v) is 4.94. The number of nitrogens with one attached hydrogen (secondary N) is 2. The van der Waals surface area contributed by atoms with Crippen LogP contribution in [0.1, 0.15) is 81.1 Å². The number of carbonyl (C=O) groups excluding carboxylic acids is 1. The number of benzene rings is 1. The second kappa shape index (κ2) is 14.8. The van der Waals surface area contributed by atoms with Crippen molar-refractivity contribution >= 4 is 35.8 Å². The summed E-state index contributed by atoms with van der Waals surface area (Å²) in [5.41, 5.74) is 2.15. The highest BCUT2D eigenvalue weighted by molar-refractivity contribution is 14.0. The molecule has 1 aromatic rings. The molecule has 0 aromatic heterocycles. The third kappa shape index (κ3) is 8.74. The minimum atomic E-state index is 0. The Balaban J connectivity index is 0.00000385. The van der Waals surface area contributed by atoms with Gasteiger partial charge in [0, 0.05) is 45.0 Å². The van der Waals surface area contributed by atoms with Crippen LogP contribution >= 0.6 is 24.0 Å². The lowest BCUT2D eigenvalue weighted by molar-refractivity contribution is 0.0724. The number of guanidine groups is 1. The van der Waals surface area contributed by atoms with Gasteiger partial charge < -0.3 is 20.3 Å². The normalized spacial score (nSPS) is 18.0. The monoisotopic (exact) mass is 570 g/mol. The topological polar surface area (TPSA) is 66.0 Å². The Kier molecular flexibility index (Phi) is 12.5. The molecule has 0 atom stereocenters. The molecule has 2 N–H and O–H groups in total. The van der Waals surface area contributed by atoms with Crippen LogP contribution in [0.5, 0.6) is 0 Å². The molecule has 1 aliphatic carbocycles. The molecule has 1 aliphatic heterocycles. The summed E-state index contributed by atoms with van der Waals surface area (Å²) < 4.78 is 5.65. The first-order valence-corrected chi connectivity index (χ1v) is 12.6. The predicted molar refractivity (Wildman–Crippen MR) is 146 cm³/mol. The first-order valence-electron chi connectivity index (χ1n) is 12.6. The third-order valence-electron chi connectivity index (χ3n) is 6.86. The average Bonchev–Trinajstić information content (AvgIpc) is 3.30. The number of piperidine rings is 1. The number of rotatable bonds is 10. The molecule has 3 rings (SSSR count). The fraction of sp³-hybridized carbons (Fsp3) is 0.692. The van der Waals surface area contributed by atoms with Crippen molar-refractivity contribution in [3.8, 4) is 0 Å². The molecule has 2 aliphatic rings. The van der Waals surface area contributed by atoms with Gasteiger partial charge in [0.2, 0.25) is 0 Å². The summed E-state index contributed by atoms with van der Waals surface area (Å²) in [6.45, 7) is 9.84. The lowest BCUT2D eigenvalue weighted by Gasteiger charge is -2.30. The summed E-state index contributed by atoms with van der Waals surface area (Å²) in [6.07, 6.45) is 9.68. The maximum atomic E-state index is 12.8. The van der Waals surface area contributed by atoms with Gasteiger partial charge in [0.25, 0.3) is 5.91 Å². The first-order chi connectivity index (χ1) is 15.7. The Morgan fingerprint density at radius 1 is 1.09 bits per heavy atom. The van der Waals surface area contributed by atoms with Crippen LogP contribution in [0.15, 0.2) is 29.3 Å². The Bertz CT molecular complexity index is 744. The zero-order valence-corrected chi connectivity index (χ0v) is 22.9. The van der Waals surface area contributed by atoms with E-state index in [1.165, 1.54) is 32.1 Å². The summed E-state index contributed by atoms with van der Waals surface area (Å²) in [5.74, 6) is 1.00. The Hall–Kier alpha value is -1.35. The Morgan fingerprint density at radius 3 is 2.55 bits per heavy atom. The Morgan fingerprint density at radius 2 is 1.85 bits per heavy atom. The molecule has 33 heavy (non-hydrogen) atoms. The van der Waals surface area contributed by atoms with E-state index in [1.54, 1.807) is 0 Å². The van der Waals surface area contributed by atoms with Crippen molar-refractivity contribution in [1.82, 2.24) is 15.5 Å². The molecule has 1 saturated heterocycles. The van der Waals surface area contributed by atoms with Gasteiger partial charge in [-0.25, -0.2) is 4.99 Å². The first kappa shape index (κ1) is 27.9. The summed E-state index contributed by atoms with van der Waals surface area (Å²) in [6, 6.07) is 7.96. The van der Waals surface area contributed by atoms with Gasteiger partial charge in [-0.1, -0.05) is 25.0 Å². The van der Waals surface area contributed by atoms with Crippen molar-refractivity contribution in [1.29, 1.82) is 0 Å². The van der Waals surface area contributed by atoms with E-state index in [0.717, 1.165) is 75.7 Å². The van der Waals surface area contributed by atoms with Crippen LogP contribution in [0, 0.1) is 5.41 Å². The van der Waals surface area contributed by atoms with Crippen molar-refractivity contribution in [2.75, 3.05) is 39.4 Å². The van der Waals surface area contributed by atoms with E-state index >= 15 is 0 Å². The Labute approximate surface area is 217 Å². The SMILES string of the molecule is CCNC(=NCc1cccc(C(=O)N2CCCCC2)c1)NCC1(CCOCC)CCCC1.I. The number of hydrogen-bond acceptors (Lipinski definition) is 3. The van der Waals surface area contributed by atoms with Crippen molar-refractivity contribution in [3.63, 3.8) is 0 Å². The standard InChI is InChI=1S/C26H42N4O2.HI/c1-3-27-25(29-21-26(13-6-7-14-26)15-18-32-4-2)28-20-22-11-10-12-23(19-22)24(31)30-16-8-5-9-17-30;/h10-12,19H,3-9,13-18,20-21H2,1-2H3,(H2,27,28,29);1H. The molecule has 2 fully saturated rings. The van der Waals surface area contributed by atoms with Gasteiger partial charge in [-0.15, -0.1) is 24.0 Å².